The van der Waals surface area contributed by atoms with Crippen LogP contribution in [-0.4, -0.2) is 16.6 Å². The van der Waals surface area contributed by atoms with Crippen molar-refractivity contribution in [1.82, 2.24) is 9.97 Å². The molecule has 0 saturated heterocycles. The molecule has 0 aliphatic heterocycles. The van der Waals surface area contributed by atoms with Gasteiger partial charge < -0.3 is 4.74 Å². The smallest absolute Gasteiger partial charge is 0.372 e. The summed E-state index contributed by atoms with van der Waals surface area (Å²) in [5.74, 6) is 0. The van der Waals surface area contributed by atoms with Crippen molar-refractivity contribution >= 4 is 0 Å². The number of hydrogen-bond donors (Lipinski definition) is 0. The van der Waals surface area contributed by atoms with E-state index < -0.39 is 18.0 Å². The molecule has 1 rings (SSSR count). The van der Waals surface area contributed by atoms with Gasteiger partial charge in [-0.2, -0.15) is 13.2 Å². The van der Waals surface area contributed by atoms with E-state index in [-0.39, 0.29) is 5.69 Å². The van der Waals surface area contributed by atoms with Gasteiger partial charge in [-0.25, -0.2) is 4.98 Å². The molecule has 0 saturated carbocycles. The molecular formula is C9H11F3N2O. The second kappa shape index (κ2) is 4.57. The quantitative estimate of drug-likeness (QED) is 0.785. The highest BCUT2D eigenvalue weighted by atomic mass is 19.4. The Bertz CT molecular complexity index is 327. The van der Waals surface area contributed by atoms with E-state index in [0.29, 0.717) is 12.8 Å². The van der Waals surface area contributed by atoms with E-state index in [0.717, 1.165) is 0 Å². The maximum atomic E-state index is 12.3. The molecular weight excluding hydrogens is 209 g/mol. The average molecular weight is 220 g/mol. The minimum absolute atomic E-state index is 0.187. The average Bonchev–Trinajstić information content (AvgIpc) is 2.17. The lowest BCUT2D eigenvalue weighted by molar-refractivity contribution is -0.141. The highest BCUT2D eigenvalue weighted by Gasteiger charge is 2.33. The summed E-state index contributed by atoms with van der Waals surface area (Å²) in [5.41, 5.74) is -0.807. The zero-order valence-corrected chi connectivity index (χ0v) is 8.38. The second-order valence-electron chi connectivity index (χ2n) is 2.92. The highest BCUT2D eigenvalue weighted by molar-refractivity contribution is 5.08. The Morgan fingerprint density at radius 2 is 2.07 bits per heavy atom. The van der Waals surface area contributed by atoms with Crippen molar-refractivity contribution in [2.75, 3.05) is 6.61 Å². The third-order valence-corrected chi connectivity index (χ3v) is 1.78. The molecule has 84 valence electrons. The van der Waals surface area contributed by atoms with Gasteiger partial charge in [0.1, 0.15) is 0 Å². The third-order valence-electron chi connectivity index (χ3n) is 1.78. The van der Waals surface area contributed by atoms with Gasteiger partial charge in [0.2, 0.25) is 0 Å². The molecule has 0 aliphatic carbocycles. The molecule has 0 spiro atoms. The zero-order chi connectivity index (χ0) is 11.5. The van der Waals surface area contributed by atoms with Gasteiger partial charge >= 0.3 is 6.18 Å². The van der Waals surface area contributed by atoms with Crippen LogP contribution in [0.5, 0.6) is 0 Å². The summed E-state index contributed by atoms with van der Waals surface area (Å²) < 4.78 is 41.9. The van der Waals surface area contributed by atoms with Gasteiger partial charge in [0.15, 0.2) is 5.69 Å². The number of hydrogen-bond acceptors (Lipinski definition) is 3. The molecule has 1 atom stereocenters. The summed E-state index contributed by atoms with van der Waals surface area (Å²) in [7, 11) is 0. The minimum atomic E-state index is -4.46. The lowest BCUT2D eigenvalue weighted by Gasteiger charge is -2.12. The van der Waals surface area contributed by atoms with Crippen molar-refractivity contribution in [3.05, 3.63) is 23.8 Å². The van der Waals surface area contributed by atoms with E-state index in [9.17, 15) is 13.2 Å². The summed E-state index contributed by atoms with van der Waals surface area (Å²) in [6.07, 6.45) is -2.98. The Morgan fingerprint density at radius 3 is 2.60 bits per heavy atom. The van der Waals surface area contributed by atoms with Crippen molar-refractivity contribution in [3.63, 3.8) is 0 Å². The molecule has 0 aliphatic rings. The van der Waals surface area contributed by atoms with Crippen LogP contribution in [0.2, 0.25) is 0 Å². The first-order chi connectivity index (χ1) is 6.95. The lowest BCUT2D eigenvalue weighted by Crippen LogP contribution is -2.12. The predicted molar refractivity (Wildman–Crippen MR) is 47.1 cm³/mol. The van der Waals surface area contributed by atoms with E-state index in [2.05, 4.69) is 9.97 Å². The Kier molecular flexibility index (Phi) is 3.62. The number of ether oxygens (including phenoxy) is 1. The maximum absolute atomic E-state index is 12.3. The van der Waals surface area contributed by atoms with E-state index in [1.807, 2.05) is 0 Å². The number of aromatic nitrogens is 2. The van der Waals surface area contributed by atoms with Gasteiger partial charge in [0, 0.05) is 6.61 Å². The highest BCUT2D eigenvalue weighted by Crippen LogP contribution is 2.27. The Labute approximate surface area is 85.3 Å². The summed E-state index contributed by atoms with van der Waals surface area (Å²) in [6.45, 7) is 3.81. The molecule has 0 fully saturated rings. The minimum Gasteiger partial charge on any atom is -0.372 e. The fourth-order valence-electron chi connectivity index (χ4n) is 1.05. The predicted octanol–water partition coefficient (Wildman–Crippen LogP) is 2.59. The van der Waals surface area contributed by atoms with Crippen molar-refractivity contribution in [2.24, 2.45) is 0 Å². The molecule has 0 amide bonds. The van der Waals surface area contributed by atoms with Crippen molar-refractivity contribution in [2.45, 2.75) is 26.1 Å². The molecule has 0 aromatic carbocycles. The van der Waals surface area contributed by atoms with E-state index in [4.69, 9.17) is 4.74 Å². The third kappa shape index (κ3) is 3.16. The fraction of sp³-hybridized carbons (Fsp3) is 0.556. The normalized spacial score (nSPS) is 13.9. The van der Waals surface area contributed by atoms with Gasteiger partial charge in [0.25, 0.3) is 0 Å². The van der Waals surface area contributed by atoms with Gasteiger partial charge in [-0.3, -0.25) is 4.98 Å². The molecule has 1 heterocycles. The molecule has 6 heteroatoms. The summed E-state index contributed by atoms with van der Waals surface area (Å²) in [5, 5.41) is 0. The van der Waals surface area contributed by atoms with Crippen LogP contribution in [0.4, 0.5) is 13.2 Å². The zero-order valence-electron chi connectivity index (χ0n) is 8.38. The molecule has 3 nitrogen and oxygen atoms in total. The number of nitrogens with zero attached hydrogens (tertiary/aromatic N) is 2. The number of halogens is 3. The standard InChI is InChI=1S/C9H11F3N2O/c1-3-15-6(2)7-4-13-5-8(14-7)9(10,11)12/h4-6H,3H2,1-2H3. The van der Waals surface area contributed by atoms with Crippen LogP contribution in [0.15, 0.2) is 12.4 Å². The van der Waals surface area contributed by atoms with E-state index in [1.165, 1.54) is 6.20 Å². The summed E-state index contributed by atoms with van der Waals surface area (Å²) in [4.78, 5) is 6.94. The van der Waals surface area contributed by atoms with E-state index in [1.54, 1.807) is 13.8 Å². The van der Waals surface area contributed by atoms with Crippen LogP contribution >= 0.6 is 0 Å². The molecule has 1 unspecified atom stereocenters. The Morgan fingerprint density at radius 1 is 1.40 bits per heavy atom. The summed E-state index contributed by atoms with van der Waals surface area (Å²) in [6, 6.07) is 0. The van der Waals surface area contributed by atoms with Crippen LogP contribution in [0.1, 0.15) is 31.3 Å². The first kappa shape index (κ1) is 11.9. The molecule has 15 heavy (non-hydrogen) atoms. The molecule has 1 aromatic rings. The molecule has 0 bridgehead atoms. The monoisotopic (exact) mass is 220 g/mol. The van der Waals surface area contributed by atoms with Crippen LogP contribution < -0.4 is 0 Å². The Hall–Kier alpha value is -1.17. The second-order valence-corrected chi connectivity index (χ2v) is 2.92. The first-order valence-corrected chi connectivity index (χ1v) is 4.46. The number of alkyl halides is 3. The summed E-state index contributed by atoms with van der Waals surface area (Å²) >= 11 is 0. The lowest BCUT2D eigenvalue weighted by atomic mass is 10.3. The molecule has 0 radical (unpaired) electrons. The van der Waals surface area contributed by atoms with Crippen LogP contribution in [0.25, 0.3) is 0 Å². The van der Waals surface area contributed by atoms with Crippen molar-refractivity contribution < 1.29 is 17.9 Å². The van der Waals surface area contributed by atoms with E-state index >= 15 is 0 Å². The first-order valence-electron chi connectivity index (χ1n) is 4.46. The fourth-order valence-corrected chi connectivity index (χ4v) is 1.05. The van der Waals surface area contributed by atoms with Gasteiger partial charge in [0.05, 0.1) is 24.2 Å². The Balaban J connectivity index is 2.92. The van der Waals surface area contributed by atoms with Crippen LogP contribution in [-0.2, 0) is 10.9 Å². The van der Waals surface area contributed by atoms with Crippen LogP contribution in [0, 0.1) is 0 Å². The largest absolute Gasteiger partial charge is 0.434 e. The SMILES string of the molecule is CCOC(C)c1cncc(C(F)(F)F)n1. The van der Waals surface area contributed by atoms with Crippen molar-refractivity contribution in [1.29, 1.82) is 0 Å². The van der Waals surface area contributed by atoms with Gasteiger partial charge in [-0.05, 0) is 13.8 Å². The van der Waals surface area contributed by atoms with Crippen LogP contribution in [0.3, 0.4) is 0 Å². The molecule has 1 aromatic heterocycles. The number of rotatable bonds is 3. The van der Waals surface area contributed by atoms with Crippen molar-refractivity contribution in [3.8, 4) is 0 Å². The maximum Gasteiger partial charge on any atom is 0.434 e. The van der Waals surface area contributed by atoms with Gasteiger partial charge in [-0.15, -0.1) is 0 Å². The topological polar surface area (TPSA) is 35.0 Å². The molecule has 0 N–H and O–H groups in total. The van der Waals surface area contributed by atoms with Gasteiger partial charge in [-0.1, -0.05) is 0 Å².